The topological polar surface area (TPSA) is 60.2 Å². The highest BCUT2D eigenvalue weighted by molar-refractivity contribution is 9.10. The Kier molecular flexibility index (Phi) is 4.19. The first-order chi connectivity index (χ1) is 10.2. The molecule has 0 aliphatic carbocycles. The molecule has 1 aliphatic rings. The van der Waals surface area contributed by atoms with Gasteiger partial charge in [-0.05, 0) is 41.8 Å². The second-order valence-corrected chi connectivity index (χ2v) is 5.89. The summed E-state index contributed by atoms with van der Waals surface area (Å²) >= 11 is 3.52. The molecule has 0 bridgehead atoms. The van der Waals surface area contributed by atoms with Gasteiger partial charge in [-0.2, -0.15) is 0 Å². The van der Waals surface area contributed by atoms with Crippen molar-refractivity contribution in [2.45, 2.75) is 18.9 Å². The number of nitrogens with zero attached hydrogens (tertiary/aromatic N) is 1. The Balaban J connectivity index is 1.89. The third kappa shape index (κ3) is 3.07. The molecule has 0 fully saturated rings. The van der Waals surface area contributed by atoms with E-state index in [0.29, 0.717) is 18.7 Å². The van der Waals surface area contributed by atoms with Crippen LogP contribution < -0.4 is 16.0 Å². The maximum Gasteiger partial charge on any atom is 0.141 e. The van der Waals surface area contributed by atoms with E-state index in [0.717, 1.165) is 22.2 Å². The van der Waals surface area contributed by atoms with Crippen molar-refractivity contribution < 1.29 is 9.13 Å². The molecule has 3 N–H and O–H groups in total. The number of hydrogen-bond acceptors (Lipinski definition) is 4. The van der Waals surface area contributed by atoms with E-state index >= 15 is 0 Å². The standard InChI is InChI=1S/C15H15BrFN3O/c16-11-5-9-3-4-21-15(9)10(6-11)7-14(20-18)13-2-1-12(17)8-19-13/h1-2,5-6,8,14,20H,3-4,7,18H2. The lowest BCUT2D eigenvalue weighted by atomic mass is 10.00. The number of aromatic nitrogens is 1. The van der Waals surface area contributed by atoms with Crippen LogP contribution in [0.15, 0.2) is 34.9 Å². The largest absolute Gasteiger partial charge is 0.493 e. The van der Waals surface area contributed by atoms with Crippen LogP contribution in [0.5, 0.6) is 5.75 Å². The number of hydrazine groups is 1. The lowest BCUT2D eigenvalue weighted by Crippen LogP contribution is -2.30. The highest BCUT2D eigenvalue weighted by Crippen LogP contribution is 2.35. The van der Waals surface area contributed by atoms with Crippen molar-refractivity contribution >= 4 is 15.9 Å². The van der Waals surface area contributed by atoms with Gasteiger partial charge < -0.3 is 4.74 Å². The molecule has 1 aliphatic heterocycles. The molecule has 1 atom stereocenters. The van der Waals surface area contributed by atoms with Gasteiger partial charge in [-0.1, -0.05) is 15.9 Å². The number of fused-ring (bicyclic) bond motifs is 1. The number of rotatable bonds is 4. The molecule has 0 saturated carbocycles. The molecule has 110 valence electrons. The predicted molar refractivity (Wildman–Crippen MR) is 81.3 cm³/mol. The zero-order valence-corrected chi connectivity index (χ0v) is 12.9. The highest BCUT2D eigenvalue weighted by Gasteiger charge is 2.21. The van der Waals surface area contributed by atoms with Gasteiger partial charge in [-0.3, -0.25) is 16.3 Å². The van der Waals surface area contributed by atoms with Gasteiger partial charge in [-0.25, -0.2) is 4.39 Å². The van der Waals surface area contributed by atoms with E-state index in [-0.39, 0.29) is 11.9 Å². The molecule has 6 heteroatoms. The summed E-state index contributed by atoms with van der Waals surface area (Å²) in [6.45, 7) is 0.703. The van der Waals surface area contributed by atoms with Crippen LogP contribution in [0.1, 0.15) is 22.9 Å². The molecule has 4 nitrogen and oxygen atoms in total. The molecule has 0 saturated heterocycles. The fraction of sp³-hybridized carbons (Fsp3) is 0.267. The van der Waals surface area contributed by atoms with Crippen LogP contribution >= 0.6 is 15.9 Å². The van der Waals surface area contributed by atoms with Crippen molar-refractivity contribution in [1.29, 1.82) is 0 Å². The number of nitrogens with two attached hydrogens (primary N) is 1. The van der Waals surface area contributed by atoms with Crippen LogP contribution in [-0.2, 0) is 12.8 Å². The van der Waals surface area contributed by atoms with Gasteiger partial charge in [0.2, 0.25) is 0 Å². The molecule has 2 heterocycles. The van der Waals surface area contributed by atoms with E-state index < -0.39 is 0 Å². The first-order valence-corrected chi connectivity index (χ1v) is 7.48. The number of pyridine rings is 1. The number of ether oxygens (including phenoxy) is 1. The zero-order chi connectivity index (χ0) is 14.8. The Morgan fingerprint density at radius 1 is 1.43 bits per heavy atom. The summed E-state index contributed by atoms with van der Waals surface area (Å²) in [7, 11) is 0. The van der Waals surface area contributed by atoms with Crippen LogP contribution in [0.4, 0.5) is 4.39 Å². The van der Waals surface area contributed by atoms with Gasteiger partial charge in [0.25, 0.3) is 0 Å². The van der Waals surface area contributed by atoms with E-state index in [1.54, 1.807) is 6.07 Å². The molecule has 21 heavy (non-hydrogen) atoms. The Hall–Kier alpha value is -1.50. The van der Waals surface area contributed by atoms with Crippen LogP contribution in [0.3, 0.4) is 0 Å². The Morgan fingerprint density at radius 3 is 3.00 bits per heavy atom. The number of benzene rings is 1. The van der Waals surface area contributed by atoms with E-state index in [2.05, 4.69) is 32.4 Å². The van der Waals surface area contributed by atoms with Gasteiger partial charge in [0.1, 0.15) is 11.6 Å². The molecule has 0 amide bonds. The summed E-state index contributed by atoms with van der Waals surface area (Å²) in [6, 6.07) is 6.92. The third-order valence-electron chi connectivity index (χ3n) is 3.56. The molecule has 0 radical (unpaired) electrons. The highest BCUT2D eigenvalue weighted by atomic mass is 79.9. The van der Waals surface area contributed by atoms with Crippen molar-refractivity contribution in [3.63, 3.8) is 0 Å². The molecule has 1 aromatic heterocycles. The Bertz CT molecular complexity index is 648. The van der Waals surface area contributed by atoms with Crippen LogP contribution in [0, 0.1) is 5.82 Å². The van der Waals surface area contributed by atoms with Crippen molar-refractivity contribution in [2.24, 2.45) is 5.84 Å². The summed E-state index contributed by atoms with van der Waals surface area (Å²) in [5.41, 5.74) is 5.70. The average molecular weight is 352 g/mol. The molecular weight excluding hydrogens is 337 g/mol. The lowest BCUT2D eigenvalue weighted by Gasteiger charge is -2.17. The lowest BCUT2D eigenvalue weighted by molar-refractivity contribution is 0.351. The molecule has 2 aromatic rings. The summed E-state index contributed by atoms with van der Waals surface area (Å²) in [5.74, 6) is 6.21. The average Bonchev–Trinajstić information content (AvgIpc) is 2.94. The minimum absolute atomic E-state index is 0.201. The number of halogens is 2. The predicted octanol–water partition coefficient (Wildman–Crippen LogP) is 2.67. The smallest absolute Gasteiger partial charge is 0.141 e. The molecule has 0 spiro atoms. The fourth-order valence-corrected chi connectivity index (χ4v) is 3.11. The van der Waals surface area contributed by atoms with Gasteiger partial charge in [0.05, 0.1) is 24.5 Å². The van der Waals surface area contributed by atoms with Gasteiger partial charge >= 0.3 is 0 Å². The van der Waals surface area contributed by atoms with E-state index in [4.69, 9.17) is 10.6 Å². The van der Waals surface area contributed by atoms with Gasteiger partial charge in [0.15, 0.2) is 0 Å². The van der Waals surface area contributed by atoms with E-state index in [1.165, 1.54) is 17.8 Å². The second-order valence-electron chi connectivity index (χ2n) is 4.98. The Morgan fingerprint density at radius 2 is 2.29 bits per heavy atom. The van der Waals surface area contributed by atoms with Crippen molar-refractivity contribution in [1.82, 2.24) is 10.4 Å². The van der Waals surface area contributed by atoms with Gasteiger partial charge in [0, 0.05) is 10.9 Å². The van der Waals surface area contributed by atoms with Crippen LogP contribution in [0.25, 0.3) is 0 Å². The Labute approximate surface area is 130 Å². The first-order valence-electron chi connectivity index (χ1n) is 6.69. The second kappa shape index (κ2) is 6.09. The maximum atomic E-state index is 13.0. The maximum absolute atomic E-state index is 13.0. The van der Waals surface area contributed by atoms with Crippen molar-refractivity contribution in [3.05, 3.63) is 57.6 Å². The summed E-state index contributed by atoms with van der Waals surface area (Å²) in [5, 5.41) is 0. The van der Waals surface area contributed by atoms with Crippen molar-refractivity contribution in [3.8, 4) is 5.75 Å². The minimum atomic E-state index is -0.360. The van der Waals surface area contributed by atoms with Crippen molar-refractivity contribution in [2.75, 3.05) is 6.61 Å². The first kappa shape index (κ1) is 14.4. The van der Waals surface area contributed by atoms with Crippen LogP contribution in [-0.4, -0.2) is 11.6 Å². The zero-order valence-electron chi connectivity index (χ0n) is 11.3. The molecular formula is C15H15BrFN3O. The van der Waals surface area contributed by atoms with Crippen LogP contribution in [0.2, 0.25) is 0 Å². The monoisotopic (exact) mass is 351 g/mol. The third-order valence-corrected chi connectivity index (χ3v) is 4.02. The van der Waals surface area contributed by atoms with E-state index in [1.807, 2.05) is 6.07 Å². The normalized spacial score (nSPS) is 14.6. The summed E-state index contributed by atoms with van der Waals surface area (Å²) < 4.78 is 19.7. The minimum Gasteiger partial charge on any atom is -0.493 e. The molecule has 3 rings (SSSR count). The number of nitrogens with one attached hydrogen (secondary N) is 1. The van der Waals surface area contributed by atoms with Gasteiger partial charge in [-0.15, -0.1) is 0 Å². The molecule has 1 unspecified atom stereocenters. The molecule has 1 aromatic carbocycles. The quantitative estimate of drug-likeness (QED) is 0.656. The number of hydrogen-bond donors (Lipinski definition) is 2. The SMILES string of the molecule is NNC(Cc1cc(Br)cc2c1OCC2)c1ccc(F)cn1. The summed E-state index contributed by atoms with van der Waals surface area (Å²) in [6.07, 6.45) is 2.73. The fourth-order valence-electron chi connectivity index (χ4n) is 2.56. The van der Waals surface area contributed by atoms with E-state index in [9.17, 15) is 4.39 Å². The summed E-state index contributed by atoms with van der Waals surface area (Å²) in [4.78, 5) is 4.09.